The van der Waals surface area contributed by atoms with E-state index in [0.29, 0.717) is 5.03 Å². The van der Waals surface area contributed by atoms with Gasteiger partial charge in [0.1, 0.15) is 0 Å². The zero-order valence-electron chi connectivity index (χ0n) is 8.00. The minimum absolute atomic E-state index is 0.0754. The molecule has 1 heterocycles. The Morgan fingerprint density at radius 1 is 1.85 bits per heavy atom. The van der Waals surface area contributed by atoms with E-state index in [4.69, 9.17) is 22.1 Å². The molecule has 1 saturated heterocycles. The van der Waals surface area contributed by atoms with Gasteiger partial charge in [-0.25, -0.2) is 0 Å². The summed E-state index contributed by atoms with van der Waals surface area (Å²) in [5.41, 5.74) is 5.75. The topological polar surface area (TPSA) is 38.5 Å². The van der Waals surface area contributed by atoms with Gasteiger partial charge in [-0.05, 0) is 6.92 Å². The van der Waals surface area contributed by atoms with Crippen LogP contribution in [0.5, 0.6) is 0 Å². The molecule has 0 aromatic carbocycles. The fourth-order valence-electron chi connectivity index (χ4n) is 1.44. The van der Waals surface area contributed by atoms with Crippen LogP contribution in [-0.2, 0) is 4.74 Å². The van der Waals surface area contributed by atoms with Gasteiger partial charge in [0.05, 0.1) is 12.7 Å². The second kappa shape index (κ2) is 4.96. The molecular formula is C9H17ClN2O. The monoisotopic (exact) mass is 204 g/mol. The highest BCUT2D eigenvalue weighted by atomic mass is 35.5. The smallest absolute Gasteiger partial charge is 0.0850 e. The van der Waals surface area contributed by atoms with Gasteiger partial charge < -0.3 is 10.5 Å². The number of rotatable bonds is 3. The molecule has 0 amide bonds. The third-order valence-corrected chi connectivity index (χ3v) is 2.28. The highest BCUT2D eigenvalue weighted by molar-refractivity contribution is 6.29. The highest BCUT2D eigenvalue weighted by Crippen LogP contribution is 2.10. The first kappa shape index (κ1) is 11.0. The SMILES string of the molecule is C=C(Cl)CN1CCOC(C(C)N)C1. The van der Waals surface area contributed by atoms with Gasteiger partial charge in [0, 0.05) is 30.7 Å². The Morgan fingerprint density at radius 3 is 3.08 bits per heavy atom. The standard InChI is InChI=1S/C9H17ClN2O/c1-7(10)5-12-3-4-13-9(6-12)8(2)11/h8-9H,1,3-6,11H2,2H3. The van der Waals surface area contributed by atoms with Crippen molar-refractivity contribution in [3.05, 3.63) is 11.6 Å². The minimum Gasteiger partial charge on any atom is -0.374 e. The number of halogens is 1. The maximum Gasteiger partial charge on any atom is 0.0850 e. The molecule has 4 heteroatoms. The van der Waals surface area contributed by atoms with Crippen molar-refractivity contribution < 1.29 is 4.74 Å². The van der Waals surface area contributed by atoms with Crippen LogP contribution in [-0.4, -0.2) is 43.3 Å². The van der Waals surface area contributed by atoms with Crippen molar-refractivity contribution in [2.24, 2.45) is 5.73 Å². The summed E-state index contributed by atoms with van der Waals surface area (Å²) in [6.45, 7) is 8.86. The lowest BCUT2D eigenvalue weighted by molar-refractivity contribution is -0.0341. The molecule has 13 heavy (non-hydrogen) atoms. The van der Waals surface area contributed by atoms with Crippen LogP contribution in [0.25, 0.3) is 0 Å². The number of hydrogen-bond acceptors (Lipinski definition) is 3. The van der Waals surface area contributed by atoms with E-state index >= 15 is 0 Å². The summed E-state index contributed by atoms with van der Waals surface area (Å²) in [5, 5.41) is 0.672. The van der Waals surface area contributed by atoms with Gasteiger partial charge >= 0.3 is 0 Å². The molecular weight excluding hydrogens is 188 g/mol. The fraction of sp³-hybridized carbons (Fsp3) is 0.778. The molecule has 3 nitrogen and oxygen atoms in total. The van der Waals surface area contributed by atoms with E-state index in [1.165, 1.54) is 0 Å². The Bertz CT molecular complexity index is 184. The van der Waals surface area contributed by atoms with Crippen LogP contribution in [0, 0.1) is 0 Å². The lowest BCUT2D eigenvalue weighted by Crippen LogP contribution is -2.49. The summed E-state index contributed by atoms with van der Waals surface area (Å²) in [6, 6.07) is 0.0754. The first-order chi connectivity index (χ1) is 6.09. The van der Waals surface area contributed by atoms with E-state index in [2.05, 4.69) is 11.5 Å². The van der Waals surface area contributed by atoms with Gasteiger partial charge in [0.15, 0.2) is 0 Å². The Labute approximate surface area is 84.5 Å². The normalized spacial score (nSPS) is 27.2. The molecule has 0 bridgehead atoms. The summed E-state index contributed by atoms with van der Waals surface area (Å²) in [6.07, 6.45) is 0.129. The summed E-state index contributed by atoms with van der Waals surface area (Å²) >= 11 is 5.73. The van der Waals surface area contributed by atoms with Gasteiger partial charge in [-0.2, -0.15) is 0 Å². The van der Waals surface area contributed by atoms with Crippen LogP contribution in [0.3, 0.4) is 0 Å². The number of ether oxygens (including phenoxy) is 1. The molecule has 1 rings (SSSR count). The lowest BCUT2D eigenvalue weighted by Gasteiger charge is -2.34. The van der Waals surface area contributed by atoms with Crippen LogP contribution in [0.2, 0.25) is 0 Å². The van der Waals surface area contributed by atoms with E-state index in [0.717, 1.165) is 26.2 Å². The quantitative estimate of drug-likeness (QED) is 0.739. The zero-order valence-corrected chi connectivity index (χ0v) is 8.76. The molecule has 0 spiro atoms. The van der Waals surface area contributed by atoms with Gasteiger partial charge in [-0.15, -0.1) is 0 Å². The van der Waals surface area contributed by atoms with Gasteiger partial charge in [-0.3, -0.25) is 4.90 Å². The van der Waals surface area contributed by atoms with Crippen molar-refractivity contribution in [3.63, 3.8) is 0 Å². The largest absolute Gasteiger partial charge is 0.374 e. The molecule has 0 saturated carbocycles. The molecule has 76 valence electrons. The Balaban J connectivity index is 2.37. The van der Waals surface area contributed by atoms with E-state index in [1.54, 1.807) is 0 Å². The van der Waals surface area contributed by atoms with E-state index < -0.39 is 0 Å². The molecule has 1 aliphatic rings. The summed E-state index contributed by atoms with van der Waals surface area (Å²) in [7, 11) is 0. The third kappa shape index (κ3) is 3.65. The zero-order chi connectivity index (χ0) is 9.84. The van der Waals surface area contributed by atoms with E-state index in [-0.39, 0.29) is 12.1 Å². The molecule has 2 unspecified atom stereocenters. The average Bonchev–Trinajstić information content (AvgIpc) is 2.03. The van der Waals surface area contributed by atoms with Crippen LogP contribution >= 0.6 is 11.6 Å². The molecule has 2 N–H and O–H groups in total. The Kier molecular flexibility index (Phi) is 4.19. The van der Waals surface area contributed by atoms with Crippen LogP contribution in [0.4, 0.5) is 0 Å². The van der Waals surface area contributed by atoms with Crippen molar-refractivity contribution >= 4 is 11.6 Å². The molecule has 0 aliphatic carbocycles. The van der Waals surface area contributed by atoms with Gasteiger partial charge in [0.25, 0.3) is 0 Å². The Hall–Kier alpha value is -0.0900. The summed E-state index contributed by atoms with van der Waals surface area (Å²) < 4.78 is 5.51. The number of morpholine rings is 1. The summed E-state index contributed by atoms with van der Waals surface area (Å²) in [4.78, 5) is 2.22. The maximum absolute atomic E-state index is 5.75. The minimum atomic E-state index is 0.0754. The second-order valence-electron chi connectivity index (χ2n) is 3.52. The molecule has 0 aromatic rings. The highest BCUT2D eigenvalue weighted by Gasteiger charge is 2.23. The molecule has 0 radical (unpaired) electrons. The Morgan fingerprint density at radius 2 is 2.54 bits per heavy atom. The predicted molar refractivity (Wildman–Crippen MR) is 54.8 cm³/mol. The second-order valence-corrected chi connectivity index (χ2v) is 4.06. The molecule has 2 atom stereocenters. The average molecular weight is 205 g/mol. The first-order valence-electron chi connectivity index (χ1n) is 4.52. The van der Waals surface area contributed by atoms with Gasteiger partial charge in [0.2, 0.25) is 0 Å². The van der Waals surface area contributed by atoms with Crippen molar-refractivity contribution in [2.75, 3.05) is 26.2 Å². The number of hydrogen-bond donors (Lipinski definition) is 1. The van der Waals surface area contributed by atoms with Crippen LogP contribution in [0.1, 0.15) is 6.92 Å². The van der Waals surface area contributed by atoms with Crippen molar-refractivity contribution in [2.45, 2.75) is 19.1 Å². The van der Waals surface area contributed by atoms with E-state index in [9.17, 15) is 0 Å². The lowest BCUT2D eigenvalue weighted by atomic mass is 10.1. The van der Waals surface area contributed by atoms with E-state index in [1.807, 2.05) is 6.92 Å². The summed E-state index contributed by atoms with van der Waals surface area (Å²) in [5.74, 6) is 0. The van der Waals surface area contributed by atoms with Crippen LogP contribution < -0.4 is 5.73 Å². The van der Waals surface area contributed by atoms with Crippen molar-refractivity contribution in [1.82, 2.24) is 4.90 Å². The molecule has 1 fully saturated rings. The molecule has 1 aliphatic heterocycles. The fourth-order valence-corrected chi connectivity index (χ4v) is 1.60. The predicted octanol–water partition coefficient (Wildman–Crippen LogP) is 0.787. The van der Waals surface area contributed by atoms with Gasteiger partial charge in [-0.1, -0.05) is 18.2 Å². The van der Waals surface area contributed by atoms with Crippen LogP contribution in [0.15, 0.2) is 11.6 Å². The van der Waals surface area contributed by atoms with Crippen molar-refractivity contribution in [3.8, 4) is 0 Å². The maximum atomic E-state index is 5.75. The first-order valence-corrected chi connectivity index (χ1v) is 4.90. The van der Waals surface area contributed by atoms with Crippen molar-refractivity contribution in [1.29, 1.82) is 0 Å². The number of nitrogens with zero attached hydrogens (tertiary/aromatic N) is 1. The third-order valence-electron chi connectivity index (χ3n) is 2.16. The molecule has 0 aromatic heterocycles. The number of nitrogens with two attached hydrogens (primary N) is 1.